The quantitative estimate of drug-likeness (QED) is 0.625. The molecule has 0 aliphatic rings. The second kappa shape index (κ2) is 8.67. The molecule has 0 fully saturated rings. The summed E-state index contributed by atoms with van der Waals surface area (Å²) >= 11 is 5.92. The van der Waals surface area contributed by atoms with Crippen LogP contribution in [0.3, 0.4) is 0 Å². The summed E-state index contributed by atoms with van der Waals surface area (Å²) in [5.41, 5.74) is 3.18. The van der Waals surface area contributed by atoms with E-state index in [2.05, 4.69) is 10.3 Å². The lowest BCUT2D eigenvalue weighted by Gasteiger charge is -2.19. The number of pyridine rings is 1. The van der Waals surface area contributed by atoms with Crippen molar-refractivity contribution in [3.8, 4) is 0 Å². The van der Waals surface area contributed by atoms with Crippen molar-refractivity contribution in [2.24, 2.45) is 0 Å². The minimum absolute atomic E-state index is 0.0352. The maximum Gasteiger partial charge on any atom is 0.358 e. The first-order valence-corrected chi connectivity index (χ1v) is 9.07. The van der Waals surface area contributed by atoms with E-state index in [0.29, 0.717) is 16.3 Å². The molecule has 0 radical (unpaired) electrons. The van der Waals surface area contributed by atoms with E-state index in [1.165, 1.54) is 12.3 Å². The van der Waals surface area contributed by atoms with Crippen LogP contribution in [0.15, 0.2) is 66.9 Å². The number of hydrogen-bond acceptors (Lipinski definition) is 4. The summed E-state index contributed by atoms with van der Waals surface area (Å²) in [5.74, 6) is -1.18. The Hall–Kier alpha value is -3.18. The SMILES string of the molecule is Cc1ccc(C)c(NC(=O)[C@H](OC(=O)c2cc(Cl)ccn2)c2ccccc2)c1. The highest BCUT2D eigenvalue weighted by Crippen LogP contribution is 2.24. The lowest BCUT2D eigenvalue weighted by Crippen LogP contribution is -2.26. The van der Waals surface area contributed by atoms with E-state index in [-0.39, 0.29) is 5.69 Å². The van der Waals surface area contributed by atoms with Crippen molar-refractivity contribution >= 4 is 29.2 Å². The summed E-state index contributed by atoms with van der Waals surface area (Å²) in [6.45, 7) is 3.84. The molecular formula is C22H19ClN2O3. The number of benzene rings is 2. The molecule has 0 saturated carbocycles. The second-order valence-electron chi connectivity index (χ2n) is 6.36. The van der Waals surface area contributed by atoms with E-state index in [1.54, 1.807) is 30.3 Å². The lowest BCUT2D eigenvalue weighted by atomic mass is 10.1. The molecule has 5 nitrogen and oxygen atoms in total. The van der Waals surface area contributed by atoms with Crippen molar-refractivity contribution in [3.05, 3.63) is 94.3 Å². The monoisotopic (exact) mass is 394 g/mol. The van der Waals surface area contributed by atoms with Gasteiger partial charge in [0.25, 0.3) is 5.91 Å². The third kappa shape index (κ3) is 4.75. The highest BCUT2D eigenvalue weighted by Gasteiger charge is 2.26. The van der Waals surface area contributed by atoms with Crippen LogP contribution in [0.25, 0.3) is 0 Å². The van der Waals surface area contributed by atoms with Crippen molar-refractivity contribution in [2.75, 3.05) is 5.32 Å². The molecule has 6 heteroatoms. The molecule has 3 rings (SSSR count). The first-order chi connectivity index (χ1) is 13.4. The van der Waals surface area contributed by atoms with Crippen LogP contribution in [-0.4, -0.2) is 16.9 Å². The van der Waals surface area contributed by atoms with E-state index in [4.69, 9.17) is 16.3 Å². The Morgan fingerprint density at radius 3 is 2.50 bits per heavy atom. The predicted molar refractivity (Wildman–Crippen MR) is 108 cm³/mol. The number of aryl methyl sites for hydroxylation is 2. The Balaban J connectivity index is 1.88. The van der Waals surface area contributed by atoms with Crippen LogP contribution < -0.4 is 5.32 Å². The number of amides is 1. The largest absolute Gasteiger partial charge is 0.443 e. The topological polar surface area (TPSA) is 68.3 Å². The van der Waals surface area contributed by atoms with Gasteiger partial charge in [-0.1, -0.05) is 54.1 Å². The fourth-order valence-corrected chi connectivity index (χ4v) is 2.81. The van der Waals surface area contributed by atoms with Crippen LogP contribution in [0.4, 0.5) is 5.69 Å². The molecule has 1 amide bonds. The van der Waals surface area contributed by atoms with Crippen LogP contribution in [0.5, 0.6) is 0 Å². The number of aromatic nitrogens is 1. The minimum atomic E-state index is -1.13. The maximum absolute atomic E-state index is 13.0. The fourth-order valence-electron chi connectivity index (χ4n) is 2.65. The number of halogens is 1. The molecule has 2 aromatic carbocycles. The Labute approximate surface area is 168 Å². The van der Waals surface area contributed by atoms with Gasteiger partial charge >= 0.3 is 5.97 Å². The van der Waals surface area contributed by atoms with Gasteiger partial charge < -0.3 is 10.1 Å². The summed E-state index contributed by atoms with van der Waals surface area (Å²) in [6.07, 6.45) is 0.279. The molecule has 0 aliphatic heterocycles. The van der Waals surface area contributed by atoms with Crippen LogP contribution in [0, 0.1) is 13.8 Å². The van der Waals surface area contributed by atoms with Gasteiger partial charge in [0.15, 0.2) is 0 Å². The maximum atomic E-state index is 13.0. The molecule has 0 bridgehead atoms. The highest BCUT2D eigenvalue weighted by molar-refractivity contribution is 6.30. The zero-order valence-electron chi connectivity index (χ0n) is 15.5. The number of esters is 1. The Bertz CT molecular complexity index is 1010. The van der Waals surface area contributed by atoms with E-state index in [0.717, 1.165) is 11.1 Å². The van der Waals surface area contributed by atoms with Crippen LogP contribution in [0.1, 0.15) is 33.3 Å². The van der Waals surface area contributed by atoms with Gasteiger partial charge in [-0.05, 0) is 43.2 Å². The molecule has 1 N–H and O–H groups in total. The molecule has 0 unspecified atom stereocenters. The zero-order valence-corrected chi connectivity index (χ0v) is 16.2. The van der Waals surface area contributed by atoms with E-state index in [9.17, 15) is 9.59 Å². The summed E-state index contributed by atoms with van der Waals surface area (Å²) < 4.78 is 5.51. The molecule has 142 valence electrons. The molecule has 3 aromatic rings. The predicted octanol–water partition coefficient (Wildman–Crippen LogP) is 4.89. The lowest BCUT2D eigenvalue weighted by molar-refractivity contribution is -0.125. The summed E-state index contributed by atoms with van der Waals surface area (Å²) in [4.78, 5) is 29.5. The zero-order chi connectivity index (χ0) is 20.1. The van der Waals surface area contributed by atoms with Gasteiger partial charge in [-0.2, -0.15) is 0 Å². The molecule has 0 aliphatic carbocycles. The van der Waals surface area contributed by atoms with Crippen LogP contribution >= 0.6 is 11.6 Å². The number of ether oxygens (including phenoxy) is 1. The number of hydrogen-bond donors (Lipinski definition) is 1. The summed E-state index contributed by atoms with van der Waals surface area (Å²) in [5, 5.41) is 3.21. The standard InChI is InChI=1S/C22H19ClN2O3/c1-14-8-9-15(2)18(12-14)25-21(26)20(16-6-4-3-5-7-16)28-22(27)19-13-17(23)10-11-24-19/h3-13,20H,1-2H3,(H,25,26)/t20-/m1/s1. The van der Waals surface area contributed by atoms with Crippen molar-refractivity contribution in [3.63, 3.8) is 0 Å². The van der Waals surface area contributed by atoms with Gasteiger partial charge in [0.1, 0.15) is 5.69 Å². The number of anilines is 1. The highest BCUT2D eigenvalue weighted by atomic mass is 35.5. The normalized spacial score (nSPS) is 11.5. The summed E-state index contributed by atoms with van der Waals surface area (Å²) in [6, 6.07) is 17.5. The molecule has 1 aromatic heterocycles. The first kappa shape index (κ1) is 19.6. The van der Waals surface area contributed by atoms with E-state index >= 15 is 0 Å². The van der Waals surface area contributed by atoms with Crippen LogP contribution in [-0.2, 0) is 9.53 Å². The third-order valence-corrected chi connectivity index (χ3v) is 4.38. The fraction of sp³-hybridized carbons (Fsp3) is 0.136. The minimum Gasteiger partial charge on any atom is -0.443 e. The average Bonchev–Trinajstić information content (AvgIpc) is 2.69. The first-order valence-electron chi connectivity index (χ1n) is 8.69. The van der Waals surface area contributed by atoms with Gasteiger partial charge in [0, 0.05) is 22.5 Å². The number of carbonyl (C=O) groups is 2. The molecule has 1 atom stereocenters. The van der Waals surface area contributed by atoms with E-state index < -0.39 is 18.0 Å². The molecule has 0 spiro atoms. The molecule has 1 heterocycles. The van der Waals surface area contributed by atoms with Crippen molar-refractivity contribution < 1.29 is 14.3 Å². The van der Waals surface area contributed by atoms with Crippen molar-refractivity contribution in [1.29, 1.82) is 0 Å². The third-order valence-electron chi connectivity index (χ3n) is 4.15. The molecular weight excluding hydrogens is 376 g/mol. The smallest absolute Gasteiger partial charge is 0.358 e. The van der Waals surface area contributed by atoms with Gasteiger partial charge in [-0.15, -0.1) is 0 Å². The Morgan fingerprint density at radius 2 is 1.79 bits per heavy atom. The Morgan fingerprint density at radius 1 is 1.04 bits per heavy atom. The van der Waals surface area contributed by atoms with Crippen LogP contribution in [0.2, 0.25) is 5.02 Å². The van der Waals surface area contributed by atoms with Crippen molar-refractivity contribution in [2.45, 2.75) is 20.0 Å². The van der Waals surface area contributed by atoms with Gasteiger partial charge in [0.05, 0.1) is 0 Å². The number of nitrogens with one attached hydrogen (secondary N) is 1. The van der Waals surface area contributed by atoms with Gasteiger partial charge in [-0.3, -0.25) is 4.79 Å². The van der Waals surface area contributed by atoms with Gasteiger partial charge in [0.2, 0.25) is 6.10 Å². The molecule has 0 saturated heterocycles. The number of nitrogens with zero attached hydrogens (tertiary/aromatic N) is 1. The van der Waals surface area contributed by atoms with Gasteiger partial charge in [-0.25, -0.2) is 9.78 Å². The van der Waals surface area contributed by atoms with E-state index in [1.807, 2.05) is 38.1 Å². The number of rotatable bonds is 5. The molecule has 28 heavy (non-hydrogen) atoms. The average molecular weight is 395 g/mol. The number of carbonyl (C=O) groups excluding carboxylic acids is 2. The summed E-state index contributed by atoms with van der Waals surface area (Å²) in [7, 11) is 0. The second-order valence-corrected chi connectivity index (χ2v) is 6.80. The van der Waals surface area contributed by atoms with Crippen molar-refractivity contribution in [1.82, 2.24) is 4.98 Å². The Kier molecular flexibility index (Phi) is 6.06.